The van der Waals surface area contributed by atoms with Crippen LogP contribution in [0.1, 0.15) is 5.56 Å². The normalized spacial score (nSPS) is 18.2. The van der Waals surface area contributed by atoms with Crippen LogP contribution in [0.5, 0.6) is 0 Å². The zero-order chi connectivity index (χ0) is 15.2. The van der Waals surface area contributed by atoms with E-state index in [0.29, 0.717) is 19.7 Å². The number of nitrogens with one attached hydrogen (secondary N) is 1. The number of hydrogen-bond acceptors (Lipinski definition) is 4. The maximum absolute atomic E-state index is 12.4. The molecule has 0 saturated carbocycles. The van der Waals surface area contributed by atoms with Crippen LogP contribution < -0.4 is 11.1 Å². The zero-order valence-corrected chi connectivity index (χ0v) is 13.1. The second kappa shape index (κ2) is 7.53. The van der Waals surface area contributed by atoms with Gasteiger partial charge < -0.3 is 20.7 Å². The summed E-state index contributed by atoms with van der Waals surface area (Å²) in [6.07, 6.45) is -0.562. The number of morpholine rings is 1. The highest BCUT2D eigenvalue weighted by atomic mass is 79.9. The SMILES string of the molecule is NC(=O)CN(Cc1ccc(Br)cc1)C(=O)C1CNCCO1. The molecule has 0 spiro atoms. The van der Waals surface area contributed by atoms with Crippen LogP contribution in [0.3, 0.4) is 0 Å². The fourth-order valence-electron chi connectivity index (χ4n) is 2.14. The van der Waals surface area contributed by atoms with Gasteiger partial charge in [0.1, 0.15) is 6.10 Å². The Morgan fingerprint density at radius 3 is 2.67 bits per heavy atom. The summed E-state index contributed by atoms with van der Waals surface area (Å²) in [5.74, 6) is -0.756. The predicted molar refractivity (Wildman–Crippen MR) is 81.4 cm³/mol. The van der Waals surface area contributed by atoms with Crippen LogP contribution in [0.15, 0.2) is 28.7 Å². The molecule has 7 heteroatoms. The second-order valence-electron chi connectivity index (χ2n) is 4.85. The van der Waals surface area contributed by atoms with E-state index in [1.54, 1.807) is 0 Å². The summed E-state index contributed by atoms with van der Waals surface area (Å²) in [6, 6.07) is 7.57. The van der Waals surface area contributed by atoms with Gasteiger partial charge in [0.15, 0.2) is 0 Å². The summed E-state index contributed by atoms with van der Waals surface area (Å²) in [6.45, 7) is 1.88. The number of carbonyl (C=O) groups excluding carboxylic acids is 2. The average Bonchev–Trinajstić information content (AvgIpc) is 2.48. The molecule has 2 amide bonds. The molecule has 114 valence electrons. The Kier molecular flexibility index (Phi) is 5.72. The van der Waals surface area contributed by atoms with Gasteiger partial charge >= 0.3 is 0 Å². The number of halogens is 1. The third kappa shape index (κ3) is 4.80. The lowest BCUT2D eigenvalue weighted by Gasteiger charge is -2.29. The number of primary amides is 1. The van der Waals surface area contributed by atoms with Crippen molar-refractivity contribution in [3.05, 3.63) is 34.3 Å². The summed E-state index contributed by atoms with van der Waals surface area (Å²) in [4.78, 5) is 25.1. The average molecular weight is 356 g/mol. The van der Waals surface area contributed by atoms with E-state index in [9.17, 15) is 9.59 Å². The molecular formula is C14H18BrN3O3. The van der Waals surface area contributed by atoms with E-state index in [1.165, 1.54) is 4.90 Å². The van der Waals surface area contributed by atoms with Gasteiger partial charge in [0, 0.05) is 24.1 Å². The standard InChI is InChI=1S/C14H18BrN3O3/c15-11-3-1-10(2-4-11)8-18(9-13(16)19)14(20)12-7-17-5-6-21-12/h1-4,12,17H,5-9H2,(H2,16,19). The molecule has 6 nitrogen and oxygen atoms in total. The molecule has 1 aliphatic heterocycles. The van der Waals surface area contributed by atoms with Crippen molar-refractivity contribution in [2.75, 3.05) is 26.2 Å². The molecule has 2 rings (SSSR count). The first-order valence-corrected chi connectivity index (χ1v) is 7.49. The fraction of sp³-hybridized carbons (Fsp3) is 0.429. The molecule has 1 saturated heterocycles. The maximum atomic E-state index is 12.4. The van der Waals surface area contributed by atoms with Crippen LogP contribution in [0, 0.1) is 0 Å². The third-order valence-corrected chi connectivity index (χ3v) is 3.68. The van der Waals surface area contributed by atoms with Gasteiger partial charge in [-0.05, 0) is 17.7 Å². The Morgan fingerprint density at radius 1 is 1.38 bits per heavy atom. The van der Waals surface area contributed by atoms with Gasteiger partial charge in [-0.1, -0.05) is 28.1 Å². The molecule has 1 unspecified atom stereocenters. The molecule has 1 fully saturated rings. The van der Waals surface area contributed by atoms with E-state index in [0.717, 1.165) is 16.6 Å². The number of carbonyl (C=O) groups is 2. The summed E-state index contributed by atoms with van der Waals surface area (Å²) < 4.78 is 6.40. The first-order valence-electron chi connectivity index (χ1n) is 6.70. The van der Waals surface area contributed by atoms with Crippen LogP contribution in [0.2, 0.25) is 0 Å². The van der Waals surface area contributed by atoms with Crippen LogP contribution in [-0.4, -0.2) is 49.1 Å². The van der Waals surface area contributed by atoms with Crippen molar-refractivity contribution in [2.45, 2.75) is 12.6 Å². The molecular weight excluding hydrogens is 338 g/mol. The van der Waals surface area contributed by atoms with Crippen molar-refractivity contribution >= 4 is 27.7 Å². The predicted octanol–water partition coefficient (Wildman–Crippen LogP) is 0.251. The van der Waals surface area contributed by atoms with E-state index in [2.05, 4.69) is 21.2 Å². The van der Waals surface area contributed by atoms with Gasteiger partial charge in [0.25, 0.3) is 5.91 Å². The quantitative estimate of drug-likeness (QED) is 0.792. The summed E-state index contributed by atoms with van der Waals surface area (Å²) in [5.41, 5.74) is 6.17. The maximum Gasteiger partial charge on any atom is 0.253 e. The first kappa shape index (κ1) is 15.9. The van der Waals surface area contributed by atoms with Gasteiger partial charge in [-0.15, -0.1) is 0 Å². The number of hydrogen-bond donors (Lipinski definition) is 2. The van der Waals surface area contributed by atoms with Crippen molar-refractivity contribution in [1.82, 2.24) is 10.2 Å². The fourth-order valence-corrected chi connectivity index (χ4v) is 2.40. The minimum absolute atomic E-state index is 0.116. The molecule has 0 aliphatic carbocycles. The van der Waals surface area contributed by atoms with Crippen LogP contribution in [0.4, 0.5) is 0 Å². The molecule has 0 bridgehead atoms. The number of rotatable bonds is 5. The van der Waals surface area contributed by atoms with E-state index in [1.807, 2.05) is 24.3 Å². The van der Waals surface area contributed by atoms with Crippen LogP contribution in [-0.2, 0) is 20.9 Å². The molecule has 0 radical (unpaired) electrons. The van der Waals surface area contributed by atoms with Gasteiger partial charge in [-0.25, -0.2) is 0 Å². The van der Waals surface area contributed by atoms with Crippen LogP contribution >= 0.6 is 15.9 Å². The van der Waals surface area contributed by atoms with E-state index in [4.69, 9.17) is 10.5 Å². The lowest BCUT2D eigenvalue weighted by atomic mass is 10.2. The Labute approximate surface area is 131 Å². The largest absolute Gasteiger partial charge is 0.368 e. The molecule has 1 aromatic carbocycles. The highest BCUT2D eigenvalue weighted by Crippen LogP contribution is 2.13. The lowest BCUT2D eigenvalue weighted by molar-refractivity contribution is -0.147. The minimum atomic E-state index is -0.562. The topological polar surface area (TPSA) is 84.7 Å². The Morgan fingerprint density at radius 2 is 2.10 bits per heavy atom. The Hall–Kier alpha value is -1.44. The number of amides is 2. The van der Waals surface area contributed by atoms with Crippen molar-refractivity contribution in [3.63, 3.8) is 0 Å². The monoisotopic (exact) mass is 355 g/mol. The minimum Gasteiger partial charge on any atom is -0.368 e. The lowest BCUT2D eigenvalue weighted by Crippen LogP contribution is -2.50. The molecule has 1 atom stereocenters. The molecule has 3 N–H and O–H groups in total. The zero-order valence-electron chi connectivity index (χ0n) is 11.5. The van der Waals surface area contributed by atoms with Crippen molar-refractivity contribution in [3.8, 4) is 0 Å². The van der Waals surface area contributed by atoms with E-state index >= 15 is 0 Å². The second-order valence-corrected chi connectivity index (χ2v) is 5.77. The summed E-state index contributed by atoms with van der Waals surface area (Å²) in [7, 11) is 0. The smallest absolute Gasteiger partial charge is 0.253 e. The number of benzene rings is 1. The van der Waals surface area contributed by atoms with E-state index < -0.39 is 12.0 Å². The highest BCUT2D eigenvalue weighted by Gasteiger charge is 2.27. The first-order chi connectivity index (χ1) is 10.1. The molecule has 21 heavy (non-hydrogen) atoms. The number of nitrogens with zero attached hydrogens (tertiary/aromatic N) is 1. The van der Waals surface area contributed by atoms with Gasteiger partial charge in [-0.2, -0.15) is 0 Å². The van der Waals surface area contributed by atoms with Gasteiger partial charge in [-0.3, -0.25) is 9.59 Å². The van der Waals surface area contributed by atoms with Crippen molar-refractivity contribution < 1.29 is 14.3 Å². The van der Waals surface area contributed by atoms with E-state index in [-0.39, 0.29) is 12.5 Å². The van der Waals surface area contributed by atoms with Crippen molar-refractivity contribution in [2.24, 2.45) is 5.73 Å². The van der Waals surface area contributed by atoms with Crippen LogP contribution in [0.25, 0.3) is 0 Å². The van der Waals surface area contributed by atoms with Gasteiger partial charge in [0.2, 0.25) is 5.91 Å². The summed E-state index contributed by atoms with van der Waals surface area (Å²) in [5, 5.41) is 3.10. The number of ether oxygens (including phenoxy) is 1. The highest BCUT2D eigenvalue weighted by molar-refractivity contribution is 9.10. The molecule has 1 aliphatic rings. The third-order valence-electron chi connectivity index (χ3n) is 3.15. The number of nitrogens with two attached hydrogens (primary N) is 1. The summed E-state index contributed by atoms with van der Waals surface area (Å²) >= 11 is 3.36. The molecule has 1 aromatic rings. The molecule has 0 aromatic heterocycles. The van der Waals surface area contributed by atoms with Gasteiger partial charge in [0.05, 0.1) is 13.2 Å². The van der Waals surface area contributed by atoms with Crippen molar-refractivity contribution in [1.29, 1.82) is 0 Å². The molecule has 1 heterocycles. The Bertz CT molecular complexity index is 501. The Balaban J connectivity index is 2.07.